The molecule has 0 rings (SSSR count). The van der Waals surface area contributed by atoms with E-state index in [4.69, 9.17) is 9.84 Å². The first-order chi connectivity index (χ1) is 7.06. The minimum atomic E-state index is -1.36. The Bertz CT molecular complexity index is 200. The number of hydrogen-bond acceptors (Lipinski definition) is 7. The van der Waals surface area contributed by atoms with Crippen LogP contribution < -0.4 is 69.3 Å². The summed E-state index contributed by atoms with van der Waals surface area (Å²) in [6.45, 7) is -0.721. The Morgan fingerprint density at radius 1 is 1.06 bits per heavy atom. The van der Waals surface area contributed by atoms with Gasteiger partial charge in [0, 0.05) is 19.6 Å². The van der Waals surface area contributed by atoms with Crippen molar-refractivity contribution in [2.24, 2.45) is 0 Å². The van der Waals surface area contributed by atoms with Crippen molar-refractivity contribution in [3.63, 3.8) is 0 Å². The van der Waals surface area contributed by atoms with Gasteiger partial charge in [-0.25, -0.2) is 0 Å². The van der Waals surface area contributed by atoms with Crippen LogP contribution in [-0.4, -0.2) is 61.4 Å². The molecule has 0 saturated carbocycles. The van der Waals surface area contributed by atoms with E-state index in [-0.39, 0.29) is 85.5 Å². The van der Waals surface area contributed by atoms with E-state index < -0.39 is 25.0 Å². The van der Waals surface area contributed by atoms with Gasteiger partial charge in [-0.15, -0.1) is 0 Å². The first-order valence-corrected chi connectivity index (χ1v) is 4.37. The zero-order valence-corrected chi connectivity index (χ0v) is 14.2. The van der Waals surface area contributed by atoms with Crippen molar-refractivity contribution in [2.45, 2.75) is 0 Å². The van der Waals surface area contributed by atoms with Gasteiger partial charge in [0.15, 0.2) is 0 Å². The molecular formula is C8H13NNa2O6. The fourth-order valence-electron chi connectivity index (χ4n) is 0.939. The molecule has 0 aromatic rings. The molecule has 88 valence electrons. The first-order valence-electron chi connectivity index (χ1n) is 4.37. The van der Waals surface area contributed by atoms with Gasteiger partial charge in [0.2, 0.25) is 0 Å². The molecule has 0 spiro atoms. The number of aliphatic hydroxyl groups is 1. The van der Waals surface area contributed by atoms with Gasteiger partial charge in [-0.1, -0.05) is 0 Å². The molecule has 0 unspecified atom stereocenters. The molecule has 0 aliphatic rings. The number of carboxylic acids is 2. The molecular weight excluding hydrogens is 252 g/mol. The number of carbonyl (C=O) groups is 2. The SMILES string of the molecule is O=C([O-])CN(CCOCCO)CC(=O)[O-].[Na+].[Na+]. The number of carbonyl (C=O) groups excluding carboxylic acids is 2. The third-order valence-electron chi connectivity index (χ3n) is 1.49. The van der Waals surface area contributed by atoms with E-state index in [1.54, 1.807) is 0 Å². The number of ether oxygens (including phenoxy) is 1. The molecule has 7 nitrogen and oxygen atoms in total. The molecule has 0 aliphatic heterocycles. The second-order valence-corrected chi connectivity index (χ2v) is 2.79. The van der Waals surface area contributed by atoms with E-state index in [0.29, 0.717) is 0 Å². The second kappa shape index (κ2) is 14.9. The number of hydrogen-bond donors (Lipinski definition) is 1. The zero-order valence-electron chi connectivity index (χ0n) is 10.2. The molecule has 0 bridgehead atoms. The molecule has 17 heavy (non-hydrogen) atoms. The predicted molar refractivity (Wildman–Crippen MR) is 44.4 cm³/mol. The molecule has 0 aliphatic carbocycles. The quantitative estimate of drug-likeness (QED) is 0.325. The Kier molecular flexibility index (Phi) is 20.1. The Balaban J connectivity index is -0.000000980. The van der Waals surface area contributed by atoms with Gasteiger partial charge in [-0.2, -0.15) is 0 Å². The Morgan fingerprint density at radius 3 is 1.88 bits per heavy atom. The number of carboxylic acid groups (broad SMARTS) is 2. The molecule has 0 aromatic carbocycles. The molecule has 0 aromatic heterocycles. The van der Waals surface area contributed by atoms with Crippen molar-refractivity contribution >= 4 is 11.9 Å². The van der Waals surface area contributed by atoms with E-state index in [2.05, 4.69) is 0 Å². The van der Waals surface area contributed by atoms with Crippen LogP contribution in [-0.2, 0) is 14.3 Å². The van der Waals surface area contributed by atoms with Gasteiger partial charge in [0.25, 0.3) is 0 Å². The van der Waals surface area contributed by atoms with Crippen LogP contribution in [0.2, 0.25) is 0 Å². The number of aliphatic hydroxyl groups excluding tert-OH is 1. The van der Waals surface area contributed by atoms with Crippen LogP contribution in [0.1, 0.15) is 0 Å². The van der Waals surface area contributed by atoms with E-state index in [1.807, 2.05) is 0 Å². The van der Waals surface area contributed by atoms with Crippen LogP contribution in [0.3, 0.4) is 0 Å². The largest absolute Gasteiger partial charge is 1.00 e. The van der Waals surface area contributed by atoms with Crippen LogP contribution in [0.5, 0.6) is 0 Å². The van der Waals surface area contributed by atoms with E-state index in [1.165, 1.54) is 0 Å². The molecule has 0 heterocycles. The molecule has 0 radical (unpaired) electrons. The summed E-state index contributed by atoms with van der Waals surface area (Å²) in [5.41, 5.74) is 0. The average molecular weight is 265 g/mol. The van der Waals surface area contributed by atoms with Crippen LogP contribution in [0.15, 0.2) is 0 Å². The fraction of sp³-hybridized carbons (Fsp3) is 0.750. The van der Waals surface area contributed by atoms with Crippen molar-refractivity contribution in [1.82, 2.24) is 4.90 Å². The summed E-state index contributed by atoms with van der Waals surface area (Å²) in [7, 11) is 0. The minimum Gasteiger partial charge on any atom is -0.549 e. The number of aliphatic carboxylic acids is 2. The standard InChI is InChI=1S/C8H15NO6.2Na/c10-2-4-15-3-1-9(5-7(11)12)6-8(13)14;;/h10H,1-6H2,(H,11,12)(H,13,14);;/q;2*+1/p-2. The molecule has 0 saturated heterocycles. The summed E-state index contributed by atoms with van der Waals surface area (Å²) in [5.74, 6) is -2.73. The normalized spacial score (nSPS) is 9.29. The Morgan fingerprint density at radius 2 is 1.53 bits per heavy atom. The van der Waals surface area contributed by atoms with Gasteiger partial charge in [-0.05, 0) is 0 Å². The number of nitrogens with zero attached hydrogens (tertiary/aromatic N) is 1. The van der Waals surface area contributed by atoms with Crippen molar-refractivity contribution in [3.8, 4) is 0 Å². The van der Waals surface area contributed by atoms with E-state index >= 15 is 0 Å². The van der Waals surface area contributed by atoms with Gasteiger partial charge in [0.05, 0.1) is 31.8 Å². The van der Waals surface area contributed by atoms with Gasteiger partial charge in [0.1, 0.15) is 0 Å². The summed E-state index contributed by atoms with van der Waals surface area (Å²) >= 11 is 0. The average Bonchev–Trinajstić information content (AvgIpc) is 2.10. The maximum absolute atomic E-state index is 10.2. The van der Waals surface area contributed by atoms with Crippen molar-refractivity contribution < 1.29 is 88.8 Å². The van der Waals surface area contributed by atoms with Crippen molar-refractivity contribution in [3.05, 3.63) is 0 Å². The third kappa shape index (κ3) is 16.8. The zero-order chi connectivity index (χ0) is 11.7. The van der Waals surface area contributed by atoms with Crippen LogP contribution in [0.25, 0.3) is 0 Å². The van der Waals surface area contributed by atoms with E-state index in [9.17, 15) is 19.8 Å². The topological polar surface area (TPSA) is 113 Å². The molecule has 9 heteroatoms. The second-order valence-electron chi connectivity index (χ2n) is 2.79. The van der Waals surface area contributed by atoms with Gasteiger partial charge in [-0.3, -0.25) is 4.90 Å². The van der Waals surface area contributed by atoms with Crippen molar-refractivity contribution in [1.29, 1.82) is 0 Å². The van der Waals surface area contributed by atoms with Gasteiger partial charge >= 0.3 is 59.1 Å². The van der Waals surface area contributed by atoms with Crippen LogP contribution in [0, 0.1) is 0 Å². The summed E-state index contributed by atoms with van der Waals surface area (Å²) in [6.07, 6.45) is 0. The third-order valence-corrected chi connectivity index (χ3v) is 1.49. The maximum Gasteiger partial charge on any atom is 1.00 e. The maximum atomic E-state index is 10.2. The fourth-order valence-corrected chi connectivity index (χ4v) is 0.939. The molecule has 0 fully saturated rings. The van der Waals surface area contributed by atoms with Crippen molar-refractivity contribution in [2.75, 3.05) is 39.5 Å². The number of rotatable bonds is 9. The molecule has 0 atom stereocenters. The smallest absolute Gasteiger partial charge is 0.549 e. The summed E-state index contributed by atoms with van der Waals surface area (Å²) in [5, 5.41) is 28.8. The first kappa shape index (κ1) is 23.0. The van der Waals surface area contributed by atoms with Gasteiger partial charge < -0.3 is 29.6 Å². The van der Waals surface area contributed by atoms with E-state index in [0.717, 1.165) is 4.90 Å². The predicted octanol–water partition coefficient (Wildman–Crippen LogP) is -10.2. The summed E-state index contributed by atoms with van der Waals surface area (Å²) in [6, 6.07) is 0. The molecule has 1 N–H and O–H groups in total. The monoisotopic (exact) mass is 265 g/mol. The summed E-state index contributed by atoms with van der Waals surface area (Å²) in [4.78, 5) is 21.6. The Hall–Kier alpha value is 0.820. The minimum absolute atomic E-state index is 0. The Labute approximate surface area is 144 Å². The van der Waals surface area contributed by atoms with Crippen LogP contribution in [0.4, 0.5) is 0 Å². The summed E-state index contributed by atoms with van der Waals surface area (Å²) < 4.78 is 4.86. The molecule has 0 amide bonds. The van der Waals surface area contributed by atoms with Crippen LogP contribution >= 0.6 is 0 Å².